The molecule has 174 valence electrons. The van der Waals surface area contributed by atoms with Crippen LogP contribution in [0.5, 0.6) is 0 Å². The highest BCUT2D eigenvalue weighted by atomic mass is 19.1. The summed E-state index contributed by atoms with van der Waals surface area (Å²) in [5.41, 5.74) is 1.29. The predicted molar refractivity (Wildman–Crippen MR) is 121 cm³/mol. The first-order valence-corrected chi connectivity index (χ1v) is 12.9. The van der Waals surface area contributed by atoms with Gasteiger partial charge < -0.3 is 10.1 Å². The van der Waals surface area contributed by atoms with Crippen molar-refractivity contribution in [2.45, 2.75) is 90.8 Å². The molecule has 5 aliphatic rings. The van der Waals surface area contributed by atoms with Crippen molar-refractivity contribution in [2.75, 3.05) is 19.8 Å². The van der Waals surface area contributed by atoms with Crippen LogP contribution in [-0.4, -0.2) is 43.6 Å². The predicted octanol–water partition coefficient (Wildman–Crippen LogP) is 4.96. The maximum absolute atomic E-state index is 14.5. The van der Waals surface area contributed by atoms with Crippen LogP contribution in [0.4, 0.5) is 4.39 Å². The summed E-state index contributed by atoms with van der Waals surface area (Å²) in [4.78, 5) is 17.6. The van der Waals surface area contributed by atoms with Crippen molar-refractivity contribution in [3.63, 3.8) is 0 Å². The molecular weight excluding hydrogens is 391 g/mol. The van der Waals surface area contributed by atoms with Crippen LogP contribution in [0.2, 0.25) is 0 Å². The molecule has 9 unspecified atom stereocenters. The molecule has 1 saturated heterocycles. The zero-order valence-corrected chi connectivity index (χ0v) is 19.7. The molecule has 1 N–H and O–H groups in total. The lowest BCUT2D eigenvalue weighted by atomic mass is 9.43. The normalized spacial score (nSPS) is 50.9. The third-order valence-corrected chi connectivity index (χ3v) is 10.5. The number of hydrogen-bond acceptors (Lipinski definition) is 4. The Kier molecular flexibility index (Phi) is 5.82. The number of ether oxygens (including phenoxy) is 1. The number of halogens is 1. The van der Waals surface area contributed by atoms with Crippen molar-refractivity contribution in [2.24, 2.45) is 45.4 Å². The summed E-state index contributed by atoms with van der Waals surface area (Å²) in [6.07, 6.45) is 8.45. The van der Waals surface area contributed by atoms with Gasteiger partial charge in [-0.1, -0.05) is 20.8 Å². The van der Waals surface area contributed by atoms with Gasteiger partial charge in [0.1, 0.15) is 6.73 Å². The Hall–Kier alpha value is -0.810. The second-order valence-corrected chi connectivity index (χ2v) is 11.7. The molecule has 5 heteroatoms. The van der Waals surface area contributed by atoms with Crippen LogP contribution in [0.25, 0.3) is 0 Å². The summed E-state index contributed by atoms with van der Waals surface area (Å²) >= 11 is 0. The number of rotatable bonds is 4. The van der Waals surface area contributed by atoms with E-state index in [-0.39, 0.29) is 11.7 Å². The average Bonchev–Trinajstić information content (AvgIpc) is 3.35. The van der Waals surface area contributed by atoms with E-state index in [1.165, 1.54) is 25.0 Å². The lowest BCUT2D eigenvalue weighted by Gasteiger charge is -2.61. The topological polar surface area (TPSA) is 50.7 Å². The molecule has 1 heterocycles. The SMILES string of the molecule is CCC1C(=NCOC2CCNC2)CCC2(C)C1CCC1C3CC(F)C(=O)C3(C)CCC12. The van der Waals surface area contributed by atoms with Crippen LogP contribution in [-0.2, 0) is 9.53 Å². The van der Waals surface area contributed by atoms with Crippen LogP contribution in [0.1, 0.15) is 78.6 Å². The van der Waals surface area contributed by atoms with Gasteiger partial charge in [-0.3, -0.25) is 9.79 Å². The van der Waals surface area contributed by atoms with E-state index in [1.807, 2.05) is 0 Å². The number of nitrogens with zero attached hydrogens (tertiary/aromatic N) is 1. The van der Waals surface area contributed by atoms with Gasteiger partial charge >= 0.3 is 0 Å². The molecule has 4 aliphatic carbocycles. The van der Waals surface area contributed by atoms with Gasteiger partial charge in [0.15, 0.2) is 12.0 Å². The van der Waals surface area contributed by atoms with Crippen molar-refractivity contribution in [1.29, 1.82) is 0 Å². The minimum atomic E-state index is -1.22. The molecule has 0 aromatic heterocycles. The first-order chi connectivity index (χ1) is 14.9. The average molecular weight is 433 g/mol. The van der Waals surface area contributed by atoms with Crippen molar-refractivity contribution >= 4 is 11.5 Å². The number of nitrogens with one attached hydrogen (secondary N) is 1. The third-order valence-electron chi connectivity index (χ3n) is 10.5. The van der Waals surface area contributed by atoms with E-state index in [0.29, 0.717) is 48.3 Å². The molecule has 1 aliphatic heterocycles. The molecular formula is C26H41FN2O2. The van der Waals surface area contributed by atoms with Crippen LogP contribution in [0.3, 0.4) is 0 Å². The van der Waals surface area contributed by atoms with E-state index in [0.717, 1.165) is 45.2 Å². The minimum absolute atomic E-state index is 0.0924. The van der Waals surface area contributed by atoms with Crippen molar-refractivity contribution < 1.29 is 13.9 Å². The molecule has 0 spiro atoms. The Bertz CT molecular complexity index is 735. The van der Waals surface area contributed by atoms with Gasteiger partial charge in [-0.05, 0) is 93.4 Å². The fourth-order valence-electron chi connectivity index (χ4n) is 8.79. The molecule has 0 radical (unpaired) electrons. The maximum atomic E-state index is 14.5. The molecule has 31 heavy (non-hydrogen) atoms. The second kappa shape index (κ2) is 8.20. The Morgan fingerprint density at radius 1 is 1.13 bits per heavy atom. The Morgan fingerprint density at radius 2 is 1.97 bits per heavy atom. The standard InChI is InChI=1S/C26H41FN2O2/c1-4-17-19-6-5-18-20(7-10-26(3)21(18)13-22(27)24(26)30)25(19,2)11-8-23(17)29-15-31-16-9-12-28-14-16/h16-22,28H,4-15H2,1-3H3. The number of carbonyl (C=O) groups is 1. The van der Waals surface area contributed by atoms with Gasteiger partial charge in [-0.15, -0.1) is 0 Å². The van der Waals surface area contributed by atoms with Crippen LogP contribution in [0.15, 0.2) is 4.99 Å². The zero-order chi connectivity index (χ0) is 21.8. The summed E-state index contributed by atoms with van der Waals surface area (Å²) < 4.78 is 20.5. The van der Waals surface area contributed by atoms with E-state index in [4.69, 9.17) is 9.73 Å². The lowest BCUT2D eigenvalue weighted by Crippen LogP contribution is -2.56. The van der Waals surface area contributed by atoms with Crippen molar-refractivity contribution in [1.82, 2.24) is 5.32 Å². The first-order valence-electron chi connectivity index (χ1n) is 12.9. The molecule has 5 fully saturated rings. The number of Topliss-reactive ketones (excluding diaryl/α,β-unsaturated/α-hetero) is 1. The molecule has 0 amide bonds. The summed E-state index contributed by atoms with van der Waals surface area (Å²) in [6.45, 7) is 9.44. The van der Waals surface area contributed by atoms with Gasteiger partial charge in [-0.2, -0.15) is 0 Å². The summed E-state index contributed by atoms with van der Waals surface area (Å²) in [6, 6.07) is 0. The van der Waals surface area contributed by atoms with Crippen LogP contribution < -0.4 is 5.32 Å². The van der Waals surface area contributed by atoms with E-state index in [9.17, 15) is 9.18 Å². The molecule has 4 saturated carbocycles. The van der Waals surface area contributed by atoms with Crippen LogP contribution in [0, 0.1) is 40.4 Å². The van der Waals surface area contributed by atoms with Gasteiger partial charge in [0.2, 0.25) is 0 Å². The molecule has 4 nitrogen and oxygen atoms in total. The Morgan fingerprint density at radius 3 is 2.71 bits per heavy atom. The smallest absolute Gasteiger partial charge is 0.173 e. The maximum Gasteiger partial charge on any atom is 0.173 e. The number of hydrogen-bond donors (Lipinski definition) is 1. The van der Waals surface area contributed by atoms with E-state index < -0.39 is 11.6 Å². The Balaban J connectivity index is 1.32. The highest BCUT2D eigenvalue weighted by Crippen LogP contribution is 2.66. The third kappa shape index (κ3) is 3.44. The molecule has 0 aromatic carbocycles. The summed E-state index contributed by atoms with van der Waals surface area (Å²) in [7, 11) is 0. The molecule has 9 atom stereocenters. The highest BCUT2D eigenvalue weighted by molar-refractivity contribution is 5.91. The number of alkyl halides is 1. The van der Waals surface area contributed by atoms with Gasteiger partial charge in [0, 0.05) is 23.6 Å². The second-order valence-electron chi connectivity index (χ2n) is 11.7. The molecule has 0 bridgehead atoms. The fourth-order valence-corrected chi connectivity index (χ4v) is 8.79. The van der Waals surface area contributed by atoms with Crippen LogP contribution >= 0.6 is 0 Å². The highest BCUT2D eigenvalue weighted by Gasteiger charge is 2.63. The summed E-state index contributed by atoms with van der Waals surface area (Å²) in [5.74, 6) is 2.55. The minimum Gasteiger partial charge on any atom is -0.355 e. The lowest BCUT2D eigenvalue weighted by molar-refractivity contribution is -0.140. The first kappa shape index (κ1) is 22.0. The quantitative estimate of drug-likeness (QED) is 0.683. The van der Waals surface area contributed by atoms with E-state index >= 15 is 0 Å². The number of ketones is 1. The number of fused-ring (bicyclic) bond motifs is 5. The number of aliphatic imine (C=N–C) groups is 1. The largest absolute Gasteiger partial charge is 0.355 e. The Labute approximate surface area is 187 Å². The van der Waals surface area contributed by atoms with Gasteiger partial charge in [0.25, 0.3) is 0 Å². The van der Waals surface area contributed by atoms with Crippen molar-refractivity contribution in [3.8, 4) is 0 Å². The summed E-state index contributed by atoms with van der Waals surface area (Å²) in [5, 5.41) is 3.36. The van der Waals surface area contributed by atoms with Crippen molar-refractivity contribution in [3.05, 3.63) is 0 Å². The monoisotopic (exact) mass is 432 g/mol. The molecule has 5 rings (SSSR count). The zero-order valence-electron chi connectivity index (χ0n) is 19.7. The number of carbonyl (C=O) groups excluding carboxylic acids is 1. The van der Waals surface area contributed by atoms with E-state index in [2.05, 4.69) is 26.1 Å². The van der Waals surface area contributed by atoms with Gasteiger partial charge in [0.05, 0.1) is 6.10 Å². The fraction of sp³-hybridized carbons (Fsp3) is 0.923. The van der Waals surface area contributed by atoms with Gasteiger partial charge in [-0.25, -0.2) is 4.39 Å². The molecule has 0 aromatic rings. The van der Waals surface area contributed by atoms with E-state index in [1.54, 1.807) is 0 Å².